The summed E-state index contributed by atoms with van der Waals surface area (Å²) < 4.78 is 11.4. The lowest BCUT2D eigenvalue weighted by Gasteiger charge is -2.43. The van der Waals surface area contributed by atoms with E-state index in [0.717, 1.165) is 45.1 Å². The van der Waals surface area contributed by atoms with Crippen molar-refractivity contribution in [3.8, 4) is 0 Å². The third-order valence-corrected chi connectivity index (χ3v) is 3.49. The number of nitrogens with one attached hydrogen (secondary N) is 1. The van der Waals surface area contributed by atoms with E-state index in [4.69, 9.17) is 9.47 Å². The van der Waals surface area contributed by atoms with Crippen molar-refractivity contribution in [2.45, 2.75) is 31.3 Å². The van der Waals surface area contributed by atoms with Crippen LogP contribution in [0.1, 0.15) is 25.7 Å². The van der Waals surface area contributed by atoms with Crippen LogP contribution in [0.5, 0.6) is 0 Å². The van der Waals surface area contributed by atoms with E-state index in [1.165, 1.54) is 12.8 Å². The first-order chi connectivity index (χ1) is 6.85. The summed E-state index contributed by atoms with van der Waals surface area (Å²) in [7, 11) is 2.03. The van der Waals surface area contributed by atoms with Crippen LogP contribution in [0.3, 0.4) is 0 Å². The van der Waals surface area contributed by atoms with Gasteiger partial charge in [-0.15, -0.1) is 0 Å². The number of hydrogen-bond donors (Lipinski definition) is 1. The van der Waals surface area contributed by atoms with E-state index >= 15 is 0 Å². The van der Waals surface area contributed by atoms with E-state index in [-0.39, 0.29) is 5.60 Å². The van der Waals surface area contributed by atoms with E-state index < -0.39 is 0 Å². The molecule has 1 spiro atoms. The molecule has 1 N–H and O–H groups in total. The molecule has 2 rings (SSSR count). The predicted octanol–water partition coefficient (Wildman–Crippen LogP) is 1.18. The van der Waals surface area contributed by atoms with Crippen molar-refractivity contribution in [3.05, 3.63) is 0 Å². The highest BCUT2D eigenvalue weighted by Crippen LogP contribution is 2.36. The molecule has 2 aliphatic rings. The molecule has 0 aromatic carbocycles. The molecular weight excluding hydrogens is 178 g/mol. The molecule has 0 aromatic rings. The summed E-state index contributed by atoms with van der Waals surface area (Å²) in [6.07, 6.45) is 4.61. The maximum absolute atomic E-state index is 5.98. The lowest BCUT2D eigenvalue weighted by Crippen LogP contribution is -2.45. The Morgan fingerprint density at radius 2 is 2.07 bits per heavy atom. The van der Waals surface area contributed by atoms with Gasteiger partial charge in [-0.25, -0.2) is 0 Å². The molecule has 1 atom stereocenters. The zero-order chi connectivity index (χ0) is 9.86. The second-order valence-corrected chi connectivity index (χ2v) is 4.56. The highest BCUT2D eigenvalue weighted by molar-refractivity contribution is 4.89. The van der Waals surface area contributed by atoms with Crippen LogP contribution in [-0.2, 0) is 9.47 Å². The standard InChI is InChI=1S/C11H21NO2/c1-12-9-10-2-5-14-11(8-10)3-6-13-7-4-11/h10,12H,2-9H2,1H3. The van der Waals surface area contributed by atoms with Crippen LogP contribution >= 0.6 is 0 Å². The summed E-state index contributed by atoms with van der Waals surface area (Å²) in [6.45, 7) is 3.83. The molecule has 1 unspecified atom stereocenters. The maximum Gasteiger partial charge on any atom is 0.0729 e. The smallest absolute Gasteiger partial charge is 0.0729 e. The molecule has 14 heavy (non-hydrogen) atoms. The van der Waals surface area contributed by atoms with Crippen molar-refractivity contribution in [2.75, 3.05) is 33.4 Å². The fraction of sp³-hybridized carbons (Fsp3) is 1.00. The molecule has 2 aliphatic heterocycles. The van der Waals surface area contributed by atoms with E-state index in [1.54, 1.807) is 0 Å². The molecule has 2 saturated heterocycles. The molecule has 2 heterocycles. The molecule has 0 saturated carbocycles. The van der Waals surface area contributed by atoms with Gasteiger partial charge in [0, 0.05) is 19.8 Å². The van der Waals surface area contributed by atoms with E-state index in [1.807, 2.05) is 7.05 Å². The predicted molar refractivity (Wildman–Crippen MR) is 55.4 cm³/mol. The van der Waals surface area contributed by atoms with E-state index in [9.17, 15) is 0 Å². The molecule has 3 heteroatoms. The van der Waals surface area contributed by atoms with Crippen molar-refractivity contribution < 1.29 is 9.47 Å². The summed E-state index contributed by atoms with van der Waals surface area (Å²) in [5.41, 5.74) is 0.165. The molecule has 0 radical (unpaired) electrons. The highest BCUT2D eigenvalue weighted by Gasteiger charge is 2.38. The largest absolute Gasteiger partial charge is 0.381 e. The minimum atomic E-state index is 0.165. The van der Waals surface area contributed by atoms with Crippen LogP contribution in [-0.4, -0.2) is 39.0 Å². The van der Waals surface area contributed by atoms with Gasteiger partial charge < -0.3 is 14.8 Å². The molecular formula is C11H21NO2. The normalized spacial score (nSPS) is 31.9. The lowest BCUT2D eigenvalue weighted by atomic mass is 9.81. The fourth-order valence-corrected chi connectivity index (χ4v) is 2.68. The second kappa shape index (κ2) is 4.60. The van der Waals surface area contributed by atoms with Gasteiger partial charge >= 0.3 is 0 Å². The third-order valence-electron chi connectivity index (χ3n) is 3.49. The van der Waals surface area contributed by atoms with Crippen molar-refractivity contribution in [3.63, 3.8) is 0 Å². The average molecular weight is 199 g/mol. The van der Waals surface area contributed by atoms with Crippen LogP contribution in [0.2, 0.25) is 0 Å². The molecule has 0 amide bonds. The van der Waals surface area contributed by atoms with Crippen molar-refractivity contribution >= 4 is 0 Å². The van der Waals surface area contributed by atoms with Gasteiger partial charge in [0.15, 0.2) is 0 Å². The quantitative estimate of drug-likeness (QED) is 0.724. The monoisotopic (exact) mass is 199 g/mol. The first kappa shape index (κ1) is 10.4. The lowest BCUT2D eigenvalue weighted by molar-refractivity contribution is -0.146. The summed E-state index contributed by atoms with van der Waals surface area (Å²) in [6, 6.07) is 0. The van der Waals surface area contributed by atoms with Crippen LogP contribution in [0.15, 0.2) is 0 Å². The number of rotatable bonds is 2. The van der Waals surface area contributed by atoms with Crippen molar-refractivity contribution in [2.24, 2.45) is 5.92 Å². The topological polar surface area (TPSA) is 30.5 Å². The molecule has 0 aromatic heterocycles. The SMILES string of the molecule is CNCC1CCOC2(CCOCC2)C1. The summed E-state index contributed by atoms with van der Waals surface area (Å²) in [4.78, 5) is 0. The Balaban J connectivity index is 1.91. The van der Waals surface area contributed by atoms with Crippen LogP contribution in [0.25, 0.3) is 0 Å². The van der Waals surface area contributed by atoms with Crippen LogP contribution < -0.4 is 5.32 Å². The Kier molecular flexibility index (Phi) is 3.42. The molecule has 0 aliphatic carbocycles. The molecule has 82 valence electrons. The molecule has 0 bridgehead atoms. The summed E-state index contributed by atoms with van der Waals surface area (Å²) in [5, 5.41) is 3.27. The van der Waals surface area contributed by atoms with Gasteiger partial charge in [0.2, 0.25) is 0 Å². The fourth-order valence-electron chi connectivity index (χ4n) is 2.68. The average Bonchev–Trinajstić information content (AvgIpc) is 2.19. The minimum Gasteiger partial charge on any atom is -0.381 e. The van der Waals surface area contributed by atoms with Gasteiger partial charge in [-0.1, -0.05) is 0 Å². The van der Waals surface area contributed by atoms with Crippen LogP contribution in [0, 0.1) is 5.92 Å². The molecule has 2 fully saturated rings. The Labute approximate surface area is 86.2 Å². The Morgan fingerprint density at radius 1 is 1.29 bits per heavy atom. The third kappa shape index (κ3) is 2.27. The first-order valence-corrected chi connectivity index (χ1v) is 5.71. The Bertz CT molecular complexity index is 171. The summed E-state index contributed by atoms with van der Waals surface area (Å²) in [5.74, 6) is 0.798. The van der Waals surface area contributed by atoms with Gasteiger partial charge in [0.05, 0.1) is 5.60 Å². The number of hydrogen-bond acceptors (Lipinski definition) is 3. The summed E-state index contributed by atoms with van der Waals surface area (Å²) >= 11 is 0. The zero-order valence-corrected chi connectivity index (χ0v) is 9.05. The minimum absolute atomic E-state index is 0.165. The van der Waals surface area contributed by atoms with E-state index in [0.29, 0.717) is 0 Å². The Hall–Kier alpha value is -0.120. The van der Waals surface area contributed by atoms with Crippen molar-refractivity contribution in [1.82, 2.24) is 5.32 Å². The number of ether oxygens (including phenoxy) is 2. The van der Waals surface area contributed by atoms with Crippen molar-refractivity contribution in [1.29, 1.82) is 0 Å². The zero-order valence-electron chi connectivity index (χ0n) is 9.05. The Morgan fingerprint density at radius 3 is 2.79 bits per heavy atom. The maximum atomic E-state index is 5.98. The van der Waals surface area contributed by atoms with Gasteiger partial charge in [-0.3, -0.25) is 0 Å². The van der Waals surface area contributed by atoms with Gasteiger partial charge in [0.25, 0.3) is 0 Å². The second-order valence-electron chi connectivity index (χ2n) is 4.56. The van der Waals surface area contributed by atoms with E-state index in [2.05, 4.69) is 5.32 Å². The van der Waals surface area contributed by atoms with Gasteiger partial charge in [-0.2, -0.15) is 0 Å². The molecule has 3 nitrogen and oxygen atoms in total. The highest BCUT2D eigenvalue weighted by atomic mass is 16.5. The van der Waals surface area contributed by atoms with Crippen LogP contribution in [0.4, 0.5) is 0 Å². The van der Waals surface area contributed by atoms with Gasteiger partial charge in [0.1, 0.15) is 0 Å². The first-order valence-electron chi connectivity index (χ1n) is 5.71. The van der Waals surface area contributed by atoms with Gasteiger partial charge in [-0.05, 0) is 45.2 Å².